The van der Waals surface area contributed by atoms with Crippen LogP contribution in [0.15, 0.2) is 36.4 Å². The molecule has 0 unspecified atom stereocenters. The molecule has 0 aliphatic carbocycles. The zero-order chi connectivity index (χ0) is 18.1. The average Bonchev–Trinajstić information content (AvgIpc) is 3.20. The standard InChI is InChI=1S/C20H24N2O3/c1-13-11-18(19(23)21-10-9-17(12-21)20(24)25)15(3)22(13)14(2)16-7-5-4-6-8-16/h4-8,11,14,17H,9-10,12H2,1-3H3,(H,24,25)/t14-,17+/m1/s1. The zero-order valence-corrected chi connectivity index (χ0v) is 14.9. The molecule has 1 aromatic carbocycles. The number of carboxylic acid groups (broad SMARTS) is 1. The smallest absolute Gasteiger partial charge is 0.308 e. The minimum absolute atomic E-state index is 0.0663. The number of hydrogen-bond donors (Lipinski definition) is 1. The Morgan fingerprint density at radius 1 is 1.20 bits per heavy atom. The molecule has 2 aromatic rings. The Hall–Kier alpha value is -2.56. The quantitative estimate of drug-likeness (QED) is 0.929. The fraction of sp³-hybridized carbons (Fsp3) is 0.400. The van der Waals surface area contributed by atoms with Crippen LogP contribution in [0, 0.1) is 19.8 Å². The first kappa shape index (κ1) is 17.3. The van der Waals surface area contributed by atoms with E-state index in [4.69, 9.17) is 5.11 Å². The van der Waals surface area contributed by atoms with Gasteiger partial charge >= 0.3 is 5.97 Å². The molecule has 1 N–H and O–H groups in total. The van der Waals surface area contributed by atoms with Gasteiger partial charge in [-0.1, -0.05) is 30.3 Å². The number of carbonyl (C=O) groups excluding carboxylic acids is 1. The van der Waals surface area contributed by atoms with Crippen molar-refractivity contribution in [2.45, 2.75) is 33.2 Å². The molecule has 2 heterocycles. The predicted molar refractivity (Wildman–Crippen MR) is 95.8 cm³/mol. The van der Waals surface area contributed by atoms with Gasteiger partial charge in [0.25, 0.3) is 5.91 Å². The van der Waals surface area contributed by atoms with Gasteiger partial charge in [-0.05, 0) is 38.8 Å². The van der Waals surface area contributed by atoms with E-state index in [9.17, 15) is 9.59 Å². The molecule has 5 heteroatoms. The van der Waals surface area contributed by atoms with E-state index in [2.05, 4.69) is 23.6 Å². The molecule has 3 rings (SSSR count). The maximum Gasteiger partial charge on any atom is 0.308 e. The number of hydrogen-bond acceptors (Lipinski definition) is 2. The fourth-order valence-electron chi connectivity index (χ4n) is 3.79. The fourth-order valence-corrected chi connectivity index (χ4v) is 3.79. The van der Waals surface area contributed by atoms with Gasteiger partial charge in [0.05, 0.1) is 17.5 Å². The highest BCUT2D eigenvalue weighted by atomic mass is 16.4. The SMILES string of the molecule is Cc1cc(C(=O)N2CC[C@H](C(=O)O)C2)c(C)n1[C@H](C)c1ccccc1. The second-order valence-corrected chi connectivity index (χ2v) is 6.82. The van der Waals surface area contributed by atoms with E-state index >= 15 is 0 Å². The van der Waals surface area contributed by atoms with Gasteiger partial charge in [0.2, 0.25) is 0 Å². The maximum absolute atomic E-state index is 12.9. The van der Waals surface area contributed by atoms with E-state index in [1.165, 1.54) is 5.56 Å². The second-order valence-electron chi connectivity index (χ2n) is 6.82. The molecule has 1 amide bonds. The molecule has 1 saturated heterocycles. The molecule has 1 aromatic heterocycles. The van der Waals surface area contributed by atoms with Crippen LogP contribution >= 0.6 is 0 Å². The van der Waals surface area contributed by atoms with E-state index < -0.39 is 11.9 Å². The Bertz CT molecular complexity index is 795. The number of benzene rings is 1. The van der Waals surface area contributed by atoms with Crippen molar-refractivity contribution in [3.63, 3.8) is 0 Å². The number of aromatic nitrogens is 1. The van der Waals surface area contributed by atoms with Gasteiger partial charge in [-0.2, -0.15) is 0 Å². The molecule has 0 saturated carbocycles. The van der Waals surface area contributed by atoms with Crippen LogP contribution in [-0.2, 0) is 4.79 Å². The van der Waals surface area contributed by atoms with Gasteiger partial charge in [-0.15, -0.1) is 0 Å². The average molecular weight is 340 g/mol. The summed E-state index contributed by atoms with van der Waals surface area (Å²) in [7, 11) is 0. The molecule has 1 fully saturated rings. The van der Waals surface area contributed by atoms with Gasteiger partial charge in [0.15, 0.2) is 0 Å². The molecule has 2 atom stereocenters. The number of nitrogens with zero attached hydrogens (tertiary/aromatic N) is 2. The summed E-state index contributed by atoms with van der Waals surface area (Å²) in [6.45, 7) is 6.90. The van der Waals surface area contributed by atoms with Crippen LogP contribution in [0.3, 0.4) is 0 Å². The van der Waals surface area contributed by atoms with Crippen molar-refractivity contribution in [1.82, 2.24) is 9.47 Å². The van der Waals surface area contributed by atoms with E-state index in [1.807, 2.05) is 38.1 Å². The minimum Gasteiger partial charge on any atom is -0.481 e. The molecule has 0 radical (unpaired) electrons. The maximum atomic E-state index is 12.9. The Morgan fingerprint density at radius 2 is 1.88 bits per heavy atom. The molecule has 0 spiro atoms. The molecular formula is C20H24N2O3. The summed E-state index contributed by atoms with van der Waals surface area (Å²) >= 11 is 0. The molecule has 1 aliphatic heterocycles. The van der Waals surface area contributed by atoms with Crippen molar-refractivity contribution in [3.8, 4) is 0 Å². The Balaban J connectivity index is 1.87. The molecule has 5 nitrogen and oxygen atoms in total. The van der Waals surface area contributed by atoms with Crippen molar-refractivity contribution >= 4 is 11.9 Å². The summed E-state index contributed by atoms with van der Waals surface area (Å²) in [6, 6.07) is 12.3. The third kappa shape index (κ3) is 3.18. The van der Waals surface area contributed by atoms with Crippen LogP contribution in [0.1, 0.15) is 46.7 Å². The van der Waals surface area contributed by atoms with Crippen LogP contribution in [0.5, 0.6) is 0 Å². The summed E-state index contributed by atoms with van der Waals surface area (Å²) in [5, 5.41) is 9.14. The lowest BCUT2D eigenvalue weighted by molar-refractivity contribution is -0.141. The summed E-state index contributed by atoms with van der Waals surface area (Å²) in [6.07, 6.45) is 0.528. The highest BCUT2D eigenvalue weighted by Crippen LogP contribution is 2.27. The Morgan fingerprint density at radius 3 is 2.48 bits per heavy atom. The zero-order valence-electron chi connectivity index (χ0n) is 14.9. The molecule has 132 valence electrons. The number of rotatable bonds is 4. The molecular weight excluding hydrogens is 316 g/mol. The van der Waals surface area contributed by atoms with E-state index in [0.717, 1.165) is 11.4 Å². The van der Waals surface area contributed by atoms with Crippen LogP contribution in [0.25, 0.3) is 0 Å². The number of carboxylic acids is 1. The minimum atomic E-state index is -0.821. The summed E-state index contributed by atoms with van der Waals surface area (Å²) in [4.78, 5) is 25.7. The second kappa shape index (κ2) is 6.75. The summed E-state index contributed by atoms with van der Waals surface area (Å²) < 4.78 is 2.17. The first-order chi connectivity index (χ1) is 11.9. The van der Waals surface area contributed by atoms with Gasteiger partial charge in [0.1, 0.15) is 0 Å². The first-order valence-electron chi connectivity index (χ1n) is 8.65. The normalized spacial score (nSPS) is 18.4. The van der Waals surface area contributed by atoms with E-state index in [1.54, 1.807) is 4.90 Å². The Labute approximate surface area is 147 Å². The summed E-state index contributed by atoms with van der Waals surface area (Å²) in [5.41, 5.74) is 3.82. The van der Waals surface area contributed by atoms with Crippen LogP contribution in [0.2, 0.25) is 0 Å². The van der Waals surface area contributed by atoms with Crippen molar-refractivity contribution in [2.24, 2.45) is 5.92 Å². The van der Waals surface area contributed by atoms with E-state index in [-0.39, 0.29) is 11.9 Å². The number of carbonyl (C=O) groups is 2. The van der Waals surface area contributed by atoms with Gasteiger partial charge < -0.3 is 14.6 Å². The molecule has 25 heavy (non-hydrogen) atoms. The van der Waals surface area contributed by atoms with E-state index in [0.29, 0.717) is 25.1 Å². The lowest BCUT2D eigenvalue weighted by atomic mass is 10.1. The van der Waals surface area contributed by atoms with Gasteiger partial charge in [0, 0.05) is 24.5 Å². The van der Waals surface area contributed by atoms with Gasteiger partial charge in [-0.25, -0.2) is 0 Å². The highest BCUT2D eigenvalue weighted by molar-refractivity contribution is 5.96. The number of amides is 1. The number of likely N-dealkylation sites (tertiary alicyclic amines) is 1. The van der Waals surface area contributed by atoms with Crippen molar-refractivity contribution in [1.29, 1.82) is 0 Å². The van der Waals surface area contributed by atoms with Crippen LogP contribution < -0.4 is 0 Å². The van der Waals surface area contributed by atoms with Crippen LogP contribution in [0.4, 0.5) is 0 Å². The molecule has 0 bridgehead atoms. The lowest BCUT2D eigenvalue weighted by Crippen LogP contribution is -2.30. The Kier molecular flexibility index (Phi) is 4.66. The predicted octanol–water partition coefficient (Wildman–Crippen LogP) is 3.26. The van der Waals surface area contributed by atoms with Crippen molar-refractivity contribution in [3.05, 3.63) is 58.9 Å². The third-order valence-electron chi connectivity index (χ3n) is 5.21. The van der Waals surface area contributed by atoms with Crippen molar-refractivity contribution < 1.29 is 14.7 Å². The summed E-state index contributed by atoms with van der Waals surface area (Å²) in [5.74, 6) is -1.34. The highest BCUT2D eigenvalue weighted by Gasteiger charge is 2.32. The topological polar surface area (TPSA) is 62.5 Å². The van der Waals surface area contributed by atoms with Crippen LogP contribution in [-0.4, -0.2) is 39.5 Å². The number of aliphatic carboxylic acids is 1. The first-order valence-corrected chi connectivity index (χ1v) is 8.65. The monoisotopic (exact) mass is 340 g/mol. The third-order valence-corrected chi connectivity index (χ3v) is 5.21. The lowest BCUT2D eigenvalue weighted by Gasteiger charge is -2.20. The molecule has 1 aliphatic rings. The largest absolute Gasteiger partial charge is 0.481 e. The number of aryl methyl sites for hydroxylation is 1. The van der Waals surface area contributed by atoms with Gasteiger partial charge in [-0.3, -0.25) is 9.59 Å². The van der Waals surface area contributed by atoms with Crippen molar-refractivity contribution in [2.75, 3.05) is 13.1 Å².